The lowest BCUT2D eigenvalue weighted by Crippen LogP contribution is -2.44. The molecule has 0 spiro atoms. The number of likely N-dealkylation sites (N-methyl/N-ethyl adjacent to an activating group) is 1. The lowest BCUT2D eigenvalue weighted by atomic mass is 9.84. The molecule has 0 bridgehead atoms. The molecule has 15 heteroatoms. The second-order valence-electron chi connectivity index (χ2n) is 12.8. The third kappa shape index (κ3) is 8.00. The SMILES string of the molecule is CCN(CC)S(=O)(=O)c1scc(N(C)c2n[s+]([O-])nc2N(C)[C@@H](c2cc(CCCCN3CCN(C)CC3)co2)C(C)(C)C)c1O. The van der Waals surface area contributed by atoms with Crippen molar-refractivity contribution in [2.75, 3.05) is 76.8 Å². The number of rotatable bonds is 14. The molecule has 0 saturated carbocycles. The van der Waals surface area contributed by atoms with Gasteiger partial charge in [-0.1, -0.05) is 34.6 Å². The Bertz CT molecular complexity index is 1500. The summed E-state index contributed by atoms with van der Waals surface area (Å²) >= 11 is -0.938. The van der Waals surface area contributed by atoms with Crippen molar-refractivity contribution < 1.29 is 22.5 Å². The van der Waals surface area contributed by atoms with Crippen molar-refractivity contribution in [2.45, 2.75) is 64.1 Å². The van der Waals surface area contributed by atoms with Gasteiger partial charge in [-0.15, -0.1) is 11.3 Å². The van der Waals surface area contributed by atoms with Crippen molar-refractivity contribution >= 4 is 49.8 Å². The number of aromatic hydroxyl groups is 1. The molecule has 1 N–H and O–H groups in total. The first-order chi connectivity index (χ1) is 21.2. The summed E-state index contributed by atoms with van der Waals surface area (Å²) in [5.41, 5.74) is 1.07. The number of hydrogen-bond acceptors (Lipinski definition) is 12. The fraction of sp³-hybridized carbons (Fsp3) is 0.667. The molecule has 1 saturated heterocycles. The fourth-order valence-corrected chi connectivity index (χ4v) is 9.62. The molecule has 4 heterocycles. The highest BCUT2D eigenvalue weighted by Crippen LogP contribution is 2.47. The summed E-state index contributed by atoms with van der Waals surface area (Å²) in [6.07, 6.45) is 4.96. The molecule has 3 aromatic heterocycles. The van der Waals surface area contributed by atoms with Gasteiger partial charge in [-0.2, -0.15) is 4.31 Å². The molecule has 0 aliphatic carbocycles. The zero-order valence-electron chi connectivity index (χ0n) is 27.8. The van der Waals surface area contributed by atoms with Crippen molar-refractivity contribution in [1.29, 1.82) is 0 Å². The summed E-state index contributed by atoms with van der Waals surface area (Å²) in [6.45, 7) is 16.0. The average molecular weight is 684 g/mol. The largest absolute Gasteiger partial charge is 0.546 e. The van der Waals surface area contributed by atoms with Crippen LogP contribution in [0.4, 0.5) is 17.3 Å². The van der Waals surface area contributed by atoms with E-state index in [2.05, 4.69) is 52.4 Å². The highest BCUT2D eigenvalue weighted by atomic mass is 32.2. The van der Waals surface area contributed by atoms with Gasteiger partial charge in [0.15, 0.2) is 21.1 Å². The zero-order chi connectivity index (χ0) is 33.1. The summed E-state index contributed by atoms with van der Waals surface area (Å²) in [5.74, 6) is 1.03. The number of aromatic nitrogens is 2. The van der Waals surface area contributed by atoms with Gasteiger partial charge >= 0.3 is 0 Å². The van der Waals surface area contributed by atoms with E-state index in [-0.39, 0.29) is 46.0 Å². The third-order valence-corrected chi connectivity index (χ3v) is 12.7. The standard InChI is InChI=1S/C30H49N7O5S3/c1-9-37(10-2)45(40,41)29-25(38)23(21-43-29)34(7)27-28(32-44(39)31-27)35(8)26(30(3,4)5)24-19-22(20-42-24)13-11-12-14-36-17-15-33(6)16-18-36/h19-21,26,38H,9-18H2,1-8H3/t26-,44?/m0/s1. The van der Waals surface area contributed by atoms with E-state index in [1.807, 2.05) is 18.2 Å². The molecule has 252 valence electrons. The lowest BCUT2D eigenvalue weighted by molar-refractivity contribution is 0.152. The predicted molar refractivity (Wildman–Crippen MR) is 181 cm³/mol. The summed E-state index contributed by atoms with van der Waals surface area (Å²) in [7, 11) is 1.82. The first-order valence-electron chi connectivity index (χ1n) is 15.5. The Morgan fingerprint density at radius 2 is 1.76 bits per heavy atom. The van der Waals surface area contributed by atoms with Crippen LogP contribution in [0.3, 0.4) is 0 Å². The van der Waals surface area contributed by atoms with Crippen LogP contribution >= 0.6 is 22.5 Å². The Kier molecular flexibility index (Phi) is 11.6. The minimum Gasteiger partial charge on any atom is -0.546 e. The number of anilines is 3. The van der Waals surface area contributed by atoms with Gasteiger partial charge in [0, 0.05) is 67.5 Å². The summed E-state index contributed by atoms with van der Waals surface area (Å²) in [5, 5.41) is 12.6. The summed E-state index contributed by atoms with van der Waals surface area (Å²) in [6, 6.07) is 1.82. The topological polar surface area (TPSA) is 133 Å². The number of unbranched alkanes of at least 4 members (excludes halogenated alkanes) is 1. The van der Waals surface area contributed by atoms with Crippen molar-refractivity contribution in [2.24, 2.45) is 5.41 Å². The van der Waals surface area contributed by atoms with Crippen LogP contribution in [0.1, 0.15) is 64.8 Å². The summed E-state index contributed by atoms with van der Waals surface area (Å²) < 4.78 is 54.9. The van der Waals surface area contributed by atoms with Crippen LogP contribution in [0.25, 0.3) is 0 Å². The minimum atomic E-state index is -3.87. The van der Waals surface area contributed by atoms with Gasteiger partial charge in [-0.3, -0.25) is 0 Å². The minimum absolute atomic E-state index is 0.140. The van der Waals surface area contributed by atoms with E-state index in [1.54, 1.807) is 31.2 Å². The van der Waals surface area contributed by atoms with Gasteiger partial charge in [0.25, 0.3) is 10.0 Å². The van der Waals surface area contributed by atoms with E-state index < -0.39 is 21.2 Å². The second kappa shape index (κ2) is 14.7. The predicted octanol–water partition coefficient (Wildman–Crippen LogP) is 5.16. The van der Waals surface area contributed by atoms with Crippen LogP contribution in [-0.2, 0) is 16.4 Å². The molecule has 1 unspecified atom stereocenters. The van der Waals surface area contributed by atoms with E-state index in [0.717, 1.165) is 74.6 Å². The number of piperazine rings is 1. The maximum atomic E-state index is 13.2. The highest BCUT2D eigenvalue weighted by Gasteiger charge is 2.38. The molecule has 1 aliphatic rings. The Labute approximate surface area is 275 Å². The molecule has 3 aromatic rings. The molecular weight excluding hydrogens is 635 g/mol. The van der Waals surface area contributed by atoms with Crippen molar-refractivity contribution in [3.63, 3.8) is 0 Å². The number of thiophene rings is 1. The quantitative estimate of drug-likeness (QED) is 0.179. The van der Waals surface area contributed by atoms with Crippen molar-refractivity contribution in [3.05, 3.63) is 29.0 Å². The van der Waals surface area contributed by atoms with Crippen LogP contribution in [0.15, 0.2) is 26.3 Å². The van der Waals surface area contributed by atoms with Gasteiger partial charge in [-0.05, 0) is 49.9 Å². The molecule has 1 fully saturated rings. The Hall–Kier alpha value is -2.27. The second-order valence-corrected chi connectivity index (χ2v) is 16.6. The van der Waals surface area contributed by atoms with E-state index in [1.165, 1.54) is 4.31 Å². The maximum Gasteiger partial charge on any atom is 0.256 e. The Balaban J connectivity index is 1.53. The number of hydrogen-bond donors (Lipinski definition) is 1. The van der Waals surface area contributed by atoms with Gasteiger partial charge in [0.1, 0.15) is 5.76 Å². The number of sulfonamides is 1. The Morgan fingerprint density at radius 1 is 1.11 bits per heavy atom. The van der Waals surface area contributed by atoms with E-state index in [0.29, 0.717) is 5.82 Å². The van der Waals surface area contributed by atoms with Crippen LogP contribution in [0.5, 0.6) is 5.75 Å². The molecule has 12 nitrogen and oxygen atoms in total. The highest BCUT2D eigenvalue weighted by molar-refractivity contribution is 7.91. The molecule has 2 atom stereocenters. The number of furan rings is 1. The van der Waals surface area contributed by atoms with Crippen molar-refractivity contribution in [3.8, 4) is 5.75 Å². The monoisotopic (exact) mass is 683 g/mol. The van der Waals surface area contributed by atoms with E-state index >= 15 is 0 Å². The molecular formula is C30H49N7O5S3. The molecule has 0 aromatic carbocycles. The summed E-state index contributed by atoms with van der Waals surface area (Å²) in [4.78, 5) is 8.36. The average Bonchev–Trinajstić information content (AvgIpc) is 3.70. The van der Waals surface area contributed by atoms with Crippen LogP contribution in [0, 0.1) is 5.41 Å². The number of aryl methyl sites for hydroxylation is 1. The molecule has 45 heavy (non-hydrogen) atoms. The fourth-order valence-electron chi connectivity index (χ4n) is 5.95. The molecule has 1 aliphatic heterocycles. The van der Waals surface area contributed by atoms with Gasteiger partial charge in [-0.25, -0.2) is 8.42 Å². The normalized spacial score (nSPS) is 16.4. The van der Waals surface area contributed by atoms with Gasteiger partial charge in [0.05, 0.1) is 18.0 Å². The van der Waals surface area contributed by atoms with E-state index in [4.69, 9.17) is 4.42 Å². The zero-order valence-corrected chi connectivity index (χ0v) is 30.3. The smallest absolute Gasteiger partial charge is 0.256 e. The lowest BCUT2D eigenvalue weighted by Gasteiger charge is -2.36. The van der Waals surface area contributed by atoms with Gasteiger partial charge in [0.2, 0.25) is 11.6 Å². The van der Waals surface area contributed by atoms with Crippen LogP contribution in [-0.4, -0.2) is 108 Å². The molecule has 4 rings (SSSR count). The van der Waals surface area contributed by atoms with E-state index in [9.17, 15) is 18.1 Å². The molecule has 0 amide bonds. The maximum absolute atomic E-state index is 13.2. The van der Waals surface area contributed by atoms with Gasteiger partial charge < -0.3 is 33.7 Å². The third-order valence-electron chi connectivity index (χ3n) is 8.47. The Morgan fingerprint density at radius 3 is 2.38 bits per heavy atom. The molecule has 0 radical (unpaired) electrons. The van der Waals surface area contributed by atoms with Crippen molar-refractivity contribution in [1.82, 2.24) is 22.9 Å². The first kappa shape index (κ1) is 35.6. The first-order valence-corrected chi connectivity index (χ1v) is 18.9. The number of nitrogens with zero attached hydrogens (tertiary/aromatic N) is 7. The van der Waals surface area contributed by atoms with Crippen LogP contribution < -0.4 is 9.80 Å². The van der Waals surface area contributed by atoms with Crippen LogP contribution in [0.2, 0.25) is 0 Å².